The topological polar surface area (TPSA) is 26.0 Å². The van der Waals surface area contributed by atoms with Crippen molar-refractivity contribution in [3.05, 3.63) is 0 Å². The summed E-state index contributed by atoms with van der Waals surface area (Å²) in [5.41, 5.74) is 4.91. The van der Waals surface area contributed by atoms with E-state index in [1.807, 2.05) is 0 Å². The minimum Gasteiger partial charge on any atom is -0.312 e. The van der Waals surface area contributed by atoms with Gasteiger partial charge in [0.05, 0.1) is 0 Å². The van der Waals surface area contributed by atoms with Gasteiger partial charge in [-0.15, -0.1) is 11.7 Å². The molecule has 0 aromatic heterocycles. The van der Waals surface area contributed by atoms with Crippen LogP contribution in [-0.2, 0) is 0 Å². The zero-order chi connectivity index (χ0) is 7.71. The molecule has 0 fully saturated rings. The van der Waals surface area contributed by atoms with E-state index in [2.05, 4.69) is 0 Å². The second-order valence-electron chi connectivity index (χ2n) is 2.07. The Balaban J connectivity index is 4.14. The van der Waals surface area contributed by atoms with E-state index in [0.717, 1.165) is 6.92 Å². The molecule has 0 aliphatic carbocycles. The highest BCUT2D eigenvalue weighted by Gasteiger charge is 2.41. The SMILES string of the molecule is CCC(C)(N)S(F)(F)F. The van der Waals surface area contributed by atoms with Crippen LogP contribution in [0.5, 0.6) is 0 Å². The molecule has 0 saturated heterocycles. The van der Waals surface area contributed by atoms with Crippen molar-refractivity contribution in [2.45, 2.75) is 25.1 Å². The molecule has 0 bridgehead atoms. The third-order valence-electron chi connectivity index (χ3n) is 1.23. The maximum atomic E-state index is 11.8. The maximum Gasteiger partial charge on any atom is 0.227 e. The average molecular weight is 161 g/mol. The Morgan fingerprint density at radius 3 is 1.78 bits per heavy atom. The van der Waals surface area contributed by atoms with Crippen LogP contribution in [0, 0.1) is 0 Å². The Morgan fingerprint density at radius 1 is 1.44 bits per heavy atom. The average Bonchev–Trinajstić information content (AvgIpc) is 1.64. The molecule has 2 N–H and O–H groups in total. The molecule has 9 heavy (non-hydrogen) atoms. The molecule has 0 amide bonds. The van der Waals surface area contributed by atoms with Gasteiger partial charge in [0, 0.05) is 0 Å². The first-order valence-corrected chi connectivity index (χ1v) is 3.85. The van der Waals surface area contributed by atoms with Crippen LogP contribution >= 0.6 is 11.2 Å². The van der Waals surface area contributed by atoms with Crippen LogP contribution in [0.2, 0.25) is 0 Å². The van der Waals surface area contributed by atoms with Crippen LogP contribution in [0.3, 0.4) is 0 Å². The first-order valence-electron chi connectivity index (χ1n) is 2.52. The van der Waals surface area contributed by atoms with Gasteiger partial charge in [0.1, 0.15) is 4.87 Å². The van der Waals surface area contributed by atoms with E-state index in [9.17, 15) is 11.7 Å². The molecule has 1 nitrogen and oxygen atoms in total. The van der Waals surface area contributed by atoms with E-state index in [-0.39, 0.29) is 6.42 Å². The molecule has 0 aliphatic heterocycles. The first kappa shape index (κ1) is 9.10. The van der Waals surface area contributed by atoms with Gasteiger partial charge in [-0.3, -0.25) is 0 Å². The number of hydrogen-bond donors (Lipinski definition) is 1. The summed E-state index contributed by atoms with van der Waals surface area (Å²) >= 11 is -5.07. The summed E-state index contributed by atoms with van der Waals surface area (Å²) in [6.07, 6.45) is -0.0498. The molecule has 0 spiro atoms. The Bertz CT molecular complexity index is 98.5. The number of rotatable bonds is 2. The molecule has 5 heteroatoms. The molecular formula is C4H10F3NS. The third-order valence-corrected chi connectivity index (χ3v) is 2.58. The van der Waals surface area contributed by atoms with Crippen LogP contribution in [0.25, 0.3) is 0 Å². The highest BCUT2D eigenvalue weighted by molar-refractivity contribution is 8.22. The monoisotopic (exact) mass is 161 g/mol. The van der Waals surface area contributed by atoms with Gasteiger partial charge in [-0.25, -0.2) is 0 Å². The van der Waals surface area contributed by atoms with Gasteiger partial charge >= 0.3 is 0 Å². The molecular weight excluding hydrogens is 151 g/mol. The Labute approximate surface area is 54.6 Å². The van der Waals surface area contributed by atoms with E-state index < -0.39 is 16.1 Å². The molecule has 1 atom stereocenters. The van der Waals surface area contributed by atoms with Crippen molar-refractivity contribution >= 4 is 11.2 Å². The number of hydrogen-bond acceptors (Lipinski definition) is 1. The lowest BCUT2D eigenvalue weighted by Gasteiger charge is -2.28. The minimum atomic E-state index is -5.07. The van der Waals surface area contributed by atoms with Gasteiger partial charge in [-0.1, -0.05) is 6.92 Å². The van der Waals surface area contributed by atoms with E-state index in [1.165, 1.54) is 6.92 Å². The normalized spacial score (nSPS) is 21.1. The molecule has 0 heterocycles. The largest absolute Gasteiger partial charge is 0.312 e. The minimum absolute atomic E-state index is 0.0498. The van der Waals surface area contributed by atoms with Crippen molar-refractivity contribution in [2.75, 3.05) is 0 Å². The third kappa shape index (κ3) is 2.06. The lowest BCUT2D eigenvalue weighted by molar-refractivity contribution is 0.510. The highest BCUT2D eigenvalue weighted by atomic mass is 32.3. The summed E-state index contributed by atoms with van der Waals surface area (Å²) in [6.45, 7) is 2.45. The lowest BCUT2D eigenvalue weighted by atomic mass is 10.3. The van der Waals surface area contributed by atoms with Crippen molar-refractivity contribution < 1.29 is 11.7 Å². The summed E-state index contributed by atoms with van der Waals surface area (Å²) < 4.78 is 35.4. The summed E-state index contributed by atoms with van der Waals surface area (Å²) in [6, 6.07) is 0. The van der Waals surface area contributed by atoms with Crippen LogP contribution < -0.4 is 5.73 Å². The van der Waals surface area contributed by atoms with E-state index >= 15 is 0 Å². The highest BCUT2D eigenvalue weighted by Crippen LogP contribution is 2.62. The number of nitrogens with two attached hydrogens (primary N) is 1. The molecule has 58 valence electrons. The smallest absolute Gasteiger partial charge is 0.227 e. The zero-order valence-corrected chi connectivity index (χ0v) is 6.14. The number of halogens is 3. The lowest BCUT2D eigenvalue weighted by Crippen LogP contribution is -2.35. The summed E-state index contributed by atoms with van der Waals surface area (Å²) in [4.78, 5) is -1.94. The second-order valence-corrected chi connectivity index (χ2v) is 3.82. The quantitative estimate of drug-likeness (QED) is 0.661. The van der Waals surface area contributed by atoms with Gasteiger partial charge < -0.3 is 5.73 Å². The van der Waals surface area contributed by atoms with E-state index in [0.29, 0.717) is 0 Å². The van der Waals surface area contributed by atoms with Crippen molar-refractivity contribution in [3.8, 4) is 0 Å². The van der Waals surface area contributed by atoms with Crippen LogP contribution in [-0.4, -0.2) is 4.87 Å². The van der Waals surface area contributed by atoms with Crippen molar-refractivity contribution in [3.63, 3.8) is 0 Å². The van der Waals surface area contributed by atoms with E-state index in [1.54, 1.807) is 0 Å². The van der Waals surface area contributed by atoms with E-state index in [4.69, 9.17) is 5.73 Å². The Morgan fingerprint density at radius 2 is 1.78 bits per heavy atom. The molecule has 0 aromatic rings. The summed E-state index contributed by atoms with van der Waals surface area (Å²) in [5, 5.41) is 0. The standard InChI is InChI=1S/C4H10F3NS/c1-3-4(2,8)9(5,6)7/h3,8H2,1-2H3. The zero-order valence-electron chi connectivity index (χ0n) is 5.33. The Kier molecular flexibility index (Phi) is 2.41. The van der Waals surface area contributed by atoms with Gasteiger partial charge in [-0.2, -0.15) is 0 Å². The first-order chi connectivity index (χ1) is 3.81. The summed E-state index contributed by atoms with van der Waals surface area (Å²) in [7, 11) is 0. The van der Waals surface area contributed by atoms with Crippen molar-refractivity contribution in [2.24, 2.45) is 5.73 Å². The second kappa shape index (κ2) is 2.38. The summed E-state index contributed by atoms with van der Waals surface area (Å²) in [5.74, 6) is 0. The van der Waals surface area contributed by atoms with Gasteiger partial charge in [0.15, 0.2) is 0 Å². The molecule has 0 aliphatic rings. The van der Waals surface area contributed by atoms with Gasteiger partial charge in [0.2, 0.25) is 11.2 Å². The molecule has 1 unspecified atom stereocenters. The molecule has 0 aromatic carbocycles. The van der Waals surface area contributed by atoms with Crippen LogP contribution in [0.4, 0.5) is 11.7 Å². The van der Waals surface area contributed by atoms with Gasteiger partial charge in [0.25, 0.3) is 0 Å². The van der Waals surface area contributed by atoms with Crippen molar-refractivity contribution in [1.29, 1.82) is 0 Å². The fraction of sp³-hybridized carbons (Fsp3) is 1.00. The fourth-order valence-corrected chi connectivity index (χ4v) is 0.491. The van der Waals surface area contributed by atoms with Gasteiger partial charge in [-0.05, 0) is 13.3 Å². The molecule has 0 radical (unpaired) electrons. The van der Waals surface area contributed by atoms with Crippen LogP contribution in [0.15, 0.2) is 0 Å². The Hall–Kier alpha value is 0.100. The fourth-order valence-electron chi connectivity index (χ4n) is 0.164. The molecule has 0 saturated carbocycles. The maximum absolute atomic E-state index is 11.8. The van der Waals surface area contributed by atoms with Crippen LogP contribution in [0.1, 0.15) is 20.3 Å². The predicted octanol–water partition coefficient (Wildman–Crippen LogP) is 2.53. The van der Waals surface area contributed by atoms with Crippen molar-refractivity contribution in [1.82, 2.24) is 0 Å². The predicted molar refractivity (Wildman–Crippen MR) is 33.8 cm³/mol. The molecule has 0 rings (SSSR count).